The van der Waals surface area contributed by atoms with E-state index < -0.39 is 97.4 Å². The Balaban J connectivity index is 3.38. The molecule has 5 N–H and O–H groups in total. The van der Waals surface area contributed by atoms with E-state index in [1.54, 1.807) is 6.92 Å². The molecule has 7 atom stereocenters. The summed E-state index contributed by atoms with van der Waals surface area (Å²) in [4.78, 5) is 89.3. The average molecular weight is 572 g/mol. The van der Waals surface area contributed by atoms with Gasteiger partial charge in [-0.2, -0.15) is 0 Å². The van der Waals surface area contributed by atoms with Gasteiger partial charge in [-0.25, -0.2) is 4.79 Å². The maximum atomic E-state index is 13.0. The number of cyclic esters (lactones) is 1. The van der Waals surface area contributed by atoms with Crippen molar-refractivity contribution < 1.29 is 48.1 Å². The molecular weight excluding hydrogens is 530 g/mol. The van der Waals surface area contributed by atoms with Crippen LogP contribution in [0, 0.1) is 11.8 Å². The Labute approximate surface area is 233 Å². The van der Waals surface area contributed by atoms with Crippen molar-refractivity contribution in [1.82, 2.24) is 26.2 Å². The van der Waals surface area contributed by atoms with Crippen molar-refractivity contribution in [3.8, 4) is 0 Å². The van der Waals surface area contributed by atoms with E-state index in [9.17, 15) is 38.7 Å². The second-order valence-electron chi connectivity index (χ2n) is 9.92. The highest BCUT2D eigenvalue weighted by Gasteiger charge is 2.35. The van der Waals surface area contributed by atoms with Crippen LogP contribution in [-0.4, -0.2) is 109 Å². The van der Waals surface area contributed by atoms with Gasteiger partial charge in [0.25, 0.3) is 0 Å². The number of nitrogens with one attached hydrogen (secondary N) is 4. The fourth-order valence-corrected chi connectivity index (χ4v) is 3.53. The highest BCUT2D eigenvalue weighted by Crippen LogP contribution is 2.13. The van der Waals surface area contributed by atoms with Crippen LogP contribution in [0.2, 0.25) is 0 Å². The number of esters is 2. The quantitative estimate of drug-likeness (QED) is 0.221. The minimum atomic E-state index is -1.55. The second kappa shape index (κ2) is 15.7. The Morgan fingerprint density at radius 3 is 2.20 bits per heavy atom. The third-order valence-corrected chi connectivity index (χ3v) is 6.57. The number of aliphatic hydroxyl groups excluding tert-OH is 1. The summed E-state index contributed by atoms with van der Waals surface area (Å²) in [6, 6.07) is -4.10. The van der Waals surface area contributed by atoms with Gasteiger partial charge in [0.1, 0.15) is 24.8 Å². The molecule has 0 aromatic heterocycles. The molecule has 1 rings (SSSR count). The molecule has 0 spiro atoms. The molecule has 0 bridgehead atoms. The van der Waals surface area contributed by atoms with E-state index in [2.05, 4.69) is 21.3 Å². The summed E-state index contributed by atoms with van der Waals surface area (Å²) < 4.78 is 10.2. The Kier molecular flexibility index (Phi) is 13.5. The van der Waals surface area contributed by atoms with Crippen LogP contribution in [0.4, 0.5) is 0 Å². The number of rotatable bonds is 5. The summed E-state index contributed by atoms with van der Waals surface area (Å²) in [6.07, 6.45) is -1.95. The Morgan fingerprint density at radius 2 is 1.65 bits per heavy atom. The van der Waals surface area contributed by atoms with Gasteiger partial charge in [0.05, 0.1) is 25.1 Å². The van der Waals surface area contributed by atoms with Gasteiger partial charge < -0.3 is 40.7 Å². The minimum Gasteiger partial charge on any atom is -0.463 e. The highest BCUT2D eigenvalue weighted by molar-refractivity contribution is 5.94. The molecule has 1 unspecified atom stereocenters. The third-order valence-electron chi connectivity index (χ3n) is 6.57. The lowest BCUT2D eigenvalue weighted by Gasteiger charge is -2.28. The zero-order valence-electron chi connectivity index (χ0n) is 23.9. The first kappa shape index (κ1) is 34.3. The maximum absolute atomic E-state index is 13.0. The molecule has 226 valence electrons. The van der Waals surface area contributed by atoms with E-state index in [1.165, 1.54) is 27.8 Å². The van der Waals surface area contributed by atoms with Gasteiger partial charge in [-0.1, -0.05) is 27.2 Å². The maximum Gasteiger partial charge on any atom is 0.332 e. The molecule has 1 aliphatic heterocycles. The standard InChI is InChI=1S/C25H41N5O10/c1-8-12(2)20-23(36)26-9-19(34)30(7)10-18(33)28-21(14(4)31)24(37)27-17(11-39-16(6)32)25(38)40-15(5)13(3)22(35)29-20/h12-15,17,20-21,31H,8-11H2,1-7H3,(H,26,36)(H,27,37)(H,28,33)(H,29,35)/t12-,13-,14+,15+,17-,20?,21+/m0/s1. The van der Waals surface area contributed by atoms with Gasteiger partial charge in [-0.05, 0) is 19.8 Å². The molecule has 15 heteroatoms. The SMILES string of the molecule is CC[C@H](C)C1NC(=O)[C@@H](C)[C@@H](C)OC(=O)[C@H](COC(C)=O)NC(=O)[C@@H]([C@@H](C)O)NC(=O)CN(C)C(=O)CNC1=O. The van der Waals surface area contributed by atoms with E-state index in [-0.39, 0.29) is 5.92 Å². The molecule has 40 heavy (non-hydrogen) atoms. The van der Waals surface area contributed by atoms with Gasteiger partial charge in [-0.3, -0.25) is 28.8 Å². The van der Waals surface area contributed by atoms with E-state index in [1.807, 2.05) is 6.92 Å². The molecule has 1 fully saturated rings. The number of hydrogen-bond donors (Lipinski definition) is 5. The number of ether oxygens (including phenoxy) is 2. The monoisotopic (exact) mass is 571 g/mol. The number of carbonyl (C=O) groups is 7. The molecule has 1 saturated heterocycles. The Bertz CT molecular complexity index is 972. The van der Waals surface area contributed by atoms with Crippen LogP contribution >= 0.6 is 0 Å². The molecule has 1 heterocycles. The van der Waals surface area contributed by atoms with Crippen molar-refractivity contribution in [3.05, 3.63) is 0 Å². The zero-order chi connectivity index (χ0) is 30.7. The fourth-order valence-electron chi connectivity index (χ4n) is 3.53. The molecule has 0 aromatic rings. The van der Waals surface area contributed by atoms with E-state index in [4.69, 9.17) is 9.47 Å². The smallest absolute Gasteiger partial charge is 0.332 e. The van der Waals surface area contributed by atoms with Crippen LogP contribution in [-0.2, 0) is 43.0 Å². The second-order valence-corrected chi connectivity index (χ2v) is 9.92. The van der Waals surface area contributed by atoms with Crippen LogP contribution in [0.25, 0.3) is 0 Å². The molecule has 1 aliphatic rings. The first-order valence-corrected chi connectivity index (χ1v) is 13.0. The molecule has 0 aliphatic carbocycles. The van der Waals surface area contributed by atoms with Crippen LogP contribution < -0.4 is 21.3 Å². The molecule has 5 amide bonds. The lowest BCUT2D eigenvalue weighted by molar-refractivity contribution is -0.159. The minimum absolute atomic E-state index is 0.317. The predicted octanol–water partition coefficient (Wildman–Crippen LogP) is -2.41. The van der Waals surface area contributed by atoms with E-state index >= 15 is 0 Å². The zero-order valence-corrected chi connectivity index (χ0v) is 23.9. The topological polar surface area (TPSA) is 210 Å². The van der Waals surface area contributed by atoms with Gasteiger partial charge >= 0.3 is 11.9 Å². The lowest BCUT2D eigenvalue weighted by Crippen LogP contribution is -2.58. The summed E-state index contributed by atoms with van der Waals surface area (Å²) >= 11 is 0. The summed E-state index contributed by atoms with van der Waals surface area (Å²) in [5.74, 6) is -6.72. The summed E-state index contributed by atoms with van der Waals surface area (Å²) in [7, 11) is 1.30. The Hall–Kier alpha value is -3.75. The van der Waals surface area contributed by atoms with Gasteiger partial charge in [0, 0.05) is 14.0 Å². The average Bonchev–Trinajstić information content (AvgIpc) is 2.88. The number of aliphatic hydroxyl groups is 1. The summed E-state index contributed by atoms with van der Waals surface area (Å²) in [6.45, 7) is 7.17. The van der Waals surface area contributed by atoms with E-state index in [0.717, 1.165) is 11.8 Å². The summed E-state index contributed by atoms with van der Waals surface area (Å²) in [5.41, 5.74) is 0. The largest absolute Gasteiger partial charge is 0.463 e. The van der Waals surface area contributed by atoms with Crippen LogP contribution in [0.5, 0.6) is 0 Å². The number of likely N-dealkylation sites (N-methyl/N-ethyl adjacent to an activating group) is 1. The molecule has 15 nitrogen and oxygen atoms in total. The molecule has 0 aromatic carbocycles. The van der Waals surface area contributed by atoms with Crippen LogP contribution in [0.15, 0.2) is 0 Å². The van der Waals surface area contributed by atoms with Crippen molar-refractivity contribution in [2.45, 2.75) is 78.3 Å². The molecule has 0 radical (unpaired) electrons. The van der Waals surface area contributed by atoms with Crippen molar-refractivity contribution in [3.63, 3.8) is 0 Å². The van der Waals surface area contributed by atoms with Crippen molar-refractivity contribution in [2.24, 2.45) is 11.8 Å². The van der Waals surface area contributed by atoms with Crippen molar-refractivity contribution in [1.29, 1.82) is 0 Å². The summed E-state index contributed by atoms with van der Waals surface area (Å²) in [5, 5.41) is 19.8. The number of nitrogens with zero attached hydrogens (tertiary/aromatic N) is 1. The van der Waals surface area contributed by atoms with Gasteiger partial charge in [0.15, 0.2) is 6.04 Å². The Morgan fingerprint density at radius 1 is 1.02 bits per heavy atom. The molecule has 0 saturated carbocycles. The highest BCUT2D eigenvalue weighted by atomic mass is 16.6. The van der Waals surface area contributed by atoms with Crippen molar-refractivity contribution >= 4 is 41.5 Å². The molecular formula is C25H41N5O10. The predicted molar refractivity (Wildman–Crippen MR) is 139 cm³/mol. The number of hydrogen-bond acceptors (Lipinski definition) is 10. The van der Waals surface area contributed by atoms with Crippen LogP contribution in [0.1, 0.15) is 48.0 Å². The lowest BCUT2D eigenvalue weighted by atomic mass is 9.96. The van der Waals surface area contributed by atoms with Crippen molar-refractivity contribution in [2.75, 3.05) is 26.7 Å². The fraction of sp³-hybridized carbons (Fsp3) is 0.720. The van der Waals surface area contributed by atoms with E-state index in [0.29, 0.717) is 6.42 Å². The van der Waals surface area contributed by atoms with Gasteiger partial charge in [0.2, 0.25) is 29.5 Å². The normalized spacial score (nSPS) is 27.9. The number of carbonyl (C=O) groups excluding carboxylic acids is 7. The first-order valence-electron chi connectivity index (χ1n) is 13.0. The number of amides is 5. The third kappa shape index (κ3) is 10.4. The van der Waals surface area contributed by atoms with Gasteiger partial charge in [-0.15, -0.1) is 0 Å². The van der Waals surface area contributed by atoms with Crippen LogP contribution in [0.3, 0.4) is 0 Å². The first-order chi connectivity index (χ1) is 18.6.